The van der Waals surface area contributed by atoms with E-state index in [-0.39, 0.29) is 12.5 Å². The normalized spacial score (nSPS) is 18.0. The van der Waals surface area contributed by atoms with Crippen LogP contribution in [-0.4, -0.2) is 48.8 Å². The van der Waals surface area contributed by atoms with Gasteiger partial charge in [0.15, 0.2) is 0 Å². The molecule has 0 aromatic heterocycles. The third kappa shape index (κ3) is 7.16. The minimum absolute atomic E-state index is 0.102. The van der Waals surface area contributed by atoms with Crippen molar-refractivity contribution in [2.45, 2.75) is 77.4 Å². The molecule has 0 saturated carbocycles. The van der Waals surface area contributed by atoms with Crippen LogP contribution in [-0.2, 0) is 14.8 Å². The fourth-order valence-corrected chi connectivity index (χ4v) is 4.86. The van der Waals surface area contributed by atoms with Gasteiger partial charge in [0, 0.05) is 24.9 Å². The number of sulfonamides is 1. The molecule has 0 bridgehead atoms. The number of carboxylic acid groups (broad SMARTS) is 1. The van der Waals surface area contributed by atoms with E-state index in [0.717, 1.165) is 18.4 Å². The van der Waals surface area contributed by atoms with Crippen LogP contribution in [0.15, 0.2) is 18.2 Å². The first kappa shape index (κ1) is 24.5. The van der Waals surface area contributed by atoms with E-state index in [1.165, 1.54) is 10.6 Å². The van der Waals surface area contributed by atoms with E-state index in [0.29, 0.717) is 50.3 Å². The van der Waals surface area contributed by atoms with Gasteiger partial charge in [-0.1, -0.05) is 19.8 Å². The molecule has 0 amide bonds. The summed E-state index contributed by atoms with van der Waals surface area (Å²) in [5.41, 5.74) is 0.313. The van der Waals surface area contributed by atoms with Gasteiger partial charge in [0.1, 0.15) is 17.1 Å². The summed E-state index contributed by atoms with van der Waals surface area (Å²) in [4.78, 5) is 10.7. The molecule has 8 heteroatoms. The first-order chi connectivity index (χ1) is 14.0. The van der Waals surface area contributed by atoms with Crippen molar-refractivity contribution >= 4 is 16.0 Å². The Morgan fingerprint density at radius 3 is 2.63 bits per heavy atom. The summed E-state index contributed by atoms with van der Waals surface area (Å²) in [6.07, 6.45) is 5.67. The van der Waals surface area contributed by atoms with Crippen LogP contribution in [0.5, 0.6) is 11.5 Å². The van der Waals surface area contributed by atoms with Crippen molar-refractivity contribution in [1.29, 1.82) is 0 Å². The summed E-state index contributed by atoms with van der Waals surface area (Å²) in [5, 5.41) is 8.79. The molecule has 2 rings (SSSR count). The molecule has 1 N–H and O–H groups in total. The third-order valence-corrected chi connectivity index (χ3v) is 6.51. The first-order valence-electron chi connectivity index (χ1n) is 10.7. The molecule has 0 saturated heterocycles. The largest absolute Gasteiger partial charge is 0.494 e. The van der Waals surface area contributed by atoms with Crippen LogP contribution < -0.4 is 9.47 Å². The Hall–Kier alpha value is -1.80. The predicted molar refractivity (Wildman–Crippen MR) is 117 cm³/mol. The molecule has 7 nitrogen and oxygen atoms in total. The lowest BCUT2D eigenvalue weighted by Gasteiger charge is -2.41. The molecule has 1 heterocycles. The molecule has 0 fully saturated rings. The molecular formula is C22H35NO6S. The van der Waals surface area contributed by atoms with E-state index >= 15 is 0 Å². The molecule has 1 atom stereocenters. The number of benzene rings is 1. The highest BCUT2D eigenvalue weighted by molar-refractivity contribution is 7.88. The van der Waals surface area contributed by atoms with Crippen molar-refractivity contribution < 1.29 is 27.8 Å². The number of carbonyl (C=O) groups is 1. The van der Waals surface area contributed by atoms with Gasteiger partial charge in [-0.2, -0.15) is 4.31 Å². The average Bonchev–Trinajstić information content (AvgIpc) is 2.62. The molecule has 30 heavy (non-hydrogen) atoms. The van der Waals surface area contributed by atoms with Gasteiger partial charge in [-0.05, 0) is 51.3 Å². The van der Waals surface area contributed by atoms with Crippen LogP contribution in [0, 0.1) is 0 Å². The van der Waals surface area contributed by atoms with E-state index < -0.39 is 21.6 Å². The highest BCUT2D eigenvalue weighted by atomic mass is 32.2. The molecule has 1 aliphatic rings. The zero-order valence-electron chi connectivity index (χ0n) is 18.5. The van der Waals surface area contributed by atoms with Crippen LogP contribution >= 0.6 is 0 Å². The van der Waals surface area contributed by atoms with Crippen molar-refractivity contribution in [2.24, 2.45) is 0 Å². The maximum Gasteiger partial charge on any atom is 0.303 e. The number of nitrogens with zero attached hydrogens (tertiary/aromatic N) is 1. The Morgan fingerprint density at radius 2 is 2.00 bits per heavy atom. The van der Waals surface area contributed by atoms with Gasteiger partial charge in [-0.3, -0.25) is 4.79 Å². The smallest absolute Gasteiger partial charge is 0.303 e. The average molecular weight is 442 g/mol. The molecule has 1 unspecified atom stereocenters. The molecule has 170 valence electrons. The fourth-order valence-electron chi connectivity index (χ4n) is 3.75. The van der Waals surface area contributed by atoms with Gasteiger partial charge < -0.3 is 14.6 Å². The number of carboxylic acids is 1. The van der Waals surface area contributed by atoms with Crippen molar-refractivity contribution in [3.05, 3.63) is 23.8 Å². The second-order valence-corrected chi connectivity index (χ2v) is 10.5. The van der Waals surface area contributed by atoms with E-state index in [4.69, 9.17) is 14.6 Å². The number of fused-ring (bicyclic) bond motifs is 1. The van der Waals surface area contributed by atoms with Gasteiger partial charge >= 0.3 is 5.97 Å². The van der Waals surface area contributed by atoms with E-state index in [1.807, 2.05) is 32.0 Å². The van der Waals surface area contributed by atoms with Crippen molar-refractivity contribution in [3.63, 3.8) is 0 Å². The van der Waals surface area contributed by atoms with Gasteiger partial charge in [0.05, 0.1) is 18.9 Å². The summed E-state index contributed by atoms with van der Waals surface area (Å²) in [7, 11) is -3.47. The summed E-state index contributed by atoms with van der Waals surface area (Å²) in [5.74, 6) is 0.565. The van der Waals surface area contributed by atoms with Crippen molar-refractivity contribution in [2.75, 3.05) is 19.4 Å². The van der Waals surface area contributed by atoms with Crippen molar-refractivity contribution in [1.82, 2.24) is 4.31 Å². The number of rotatable bonds is 12. The van der Waals surface area contributed by atoms with Crippen molar-refractivity contribution in [3.8, 4) is 11.5 Å². The standard InChI is InChI=1S/C22H35NO6S/c1-5-6-14-28-17-11-12-20-18(15-17)19(16-22(2,3)29-20)23(30(4,26)27)13-9-7-8-10-21(24)25/h11-12,15,19H,5-10,13-14,16H2,1-4H3,(H,24,25). The van der Waals surface area contributed by atoms with Crippen LogP contribution in [0.1, 0.15) is 77.3 Å². The molecule has 1 aliphatic heterocycles. The molecule has 0 radical (unpaired) electrons. The van der Waals surface area contributed by atoms with Crippen LogP contribution in [0.25, 0.3) is 0 Å². The maximum absolute atomic E-state index is 12.7. The highest BCUT2D eigenvalue weighted by Gasteiger charge is 2.40. The number of aliphatic carboxylic acids is 1. The van der Waals surface area contributed by atoms with Gasteiger partial charge in [-0.15, -0.1) is 0 Å². The summed E-state index contributed by atoms with van der Waals surface area (Å²) >= 11 is 0. The lowest BCUT2D eigenvalue weighted by atomic mass is 9.89. The first-order valence-corrected chi connectivity index (χ1v) is 12.5. The lowest BCUT2D eigenvalue weighted by Crippen LogP contribution is -2.43. The Bertz CT molecular complexity index is 821. The Labute approximate surface area is 180 Å². The van der Waals surface area contributed by atoms with E-state index in [2.05, 4.69) is 6.92 Å². The van der Waals surface area contributed by atoms with Crippen LogP contribution in [0.2, 0.25) is 0 Å². The molecule has 0 spiro atoms. The second-order valence-electron chi connectivity index (χ2n) is 8.56. The number of unbranched alkanes of at least 4 members (excludes halogenated alkanes) is 3. The summed E-state index contributed by atoms with van der Waals surface area (Å²) in [6.45, 7) is 6.98. The van der Waals surface area contributed by atoms with E-state index in [9.17, 15) is 13.2 Å². The third-order valence-electron chi connectivity index (χ3n) is 5.22. The topological polar surface area (TPSA) is 93.1 Å². The van der Waals surface area contributed by atoms with Gasteiger partial charge in [0.25, 0.3) is 0 Å². The second kappa shape index (κ2) is 10.5. The maximum atomic E-state index is 12.7. The number of hydrogen-bond donors (Lipinski definition) is 1. The zero-order chi connectivity index (χ0) is 22.4. The minimum Gasteiger partial charge on any atom is -0.494 e. The lowest BCUT2D eigenvalue weighted by molar-refractivity contribution is -0.137. The van der Waals surface area contributed by atoms with Crippen LogP contribution in [0.3, 0.4) is 0 Å². The van der Waals surface area contributed by atoms with Crippen LogP contribution in [0.4, 0.5) is 0 Å². The monoisotopic (exact) mass is 441 g/mol. The SMILES string of the molecule is CCCCOc1ccc2c(c1)C(N(CCCCCC(=O)O)S(C)(=O)=O)CC(C)(C)O2. The highest BCUT2D eigenvalue weighted by Crippen LogP contribution is 2.44. The molecule has 1 aromatic carbocycles. The van der Waals surface area contributed by atoms with E-state index in [1.54, 1.807) is 0 Å². The molecular weight excluding hydrogens is 406 g/mol. The Balaban J connectivity index is 2.26. The molecule has 1 aromatic rings. The minimum atomic E-state index is -3.47. The fraction of sp³-hybridized carbons (Fsp3) is 0.682. The quantitative estimate of drug-likeness (QED) is 0.484. The summed E-state index contributed by atoms with van der Waals surface area (Å²) in [6, 6.07) is 5.27. The summed E-state index contributed by atoms with van der Waals surface area (Å²) < 4.78 is 38.8. The number of hydrogen-bond acceptors (Lipinski definition) is 5. The Kier molecular flexibility index (Phi) is 8.55. The Morgan fingerprint density at radius 1 is 1.27 bits per heavy atom. The predicted octanol–water partition coefficient (Wildman–Crippen LogP) is 4.37. The number of ether oxygens (including phenoxy) is 2. The van der Waals surface area contributed by atoms with Gasteiger partial charge in [-0.25, -0.2) is 8.42 Å². The van der Waals surface area contributed by atoms with Gasteiger partial charge in [0.2, 0.25) is 10.0 Å². The molecule has 0 aliphatic carbocycles. The zero-order valence-corrected chi connectivity index (χ0v) is 19.3.